The first-order chi connectivity index (χ1) is 8.97. The van der Waals surface area contributed by atoms with Crippen molar-refractivity contribution in [2.75, 3.05) is 0 Å². The van der Waals surface area contributed by atoms with Gasteiger partial charge in [-0.1, -0.05) is 22.0 Å². The highest BCUT2D eigenvalue weighted by atomic mass is 79.9. The van der Waals surface area contributed by atoms with Crippen molar-refractivity contribution in [3.8, 4) is 11.6 Å². The van der Waals surface area contributed by atoms with Crippen LogP contribution in [0.1, 0.15) is 16.8 Å². The lowest BCUT2D eigenvalue weighted by Crippen LogP contribution is -2.13. The number of nitrogens with zero attached hydrogens (tertiary/aromatic N) is 1. The lowest BCUT2D eigenvalue weighted by atomic mass is 10.1. The quantitative estimate of drug-likeness (QED) is 0.671. The third-order valence-corrected chi connectivity index (χ3v) is 3.88. The van der Waals surface area contributed by atoms with Crippen LogP contribution in [0, 0.1) is 19.3 Å². The van der Waals surface area contributed by atoms with Crippen LogP contribution in [-0.4, -0.2) is 10.8 Å². The summed E-state index contributed by atoms with van der Waals surface area (Å²) < 4.78 is 6.78. The number of rotatable bonds is 3. The third-order valence-electron chi connectivity index (χ3n) is 2.63. The fraction of sp³-hybridized carbons (Fsp3) is 0.143. The van der Waals surface area contributed by atoms with Crippen molar-refractivity contribution in [2.45, 2.75) is 13.8 Å². The van der Waals surface area contributed by atoms with E-state index in [4.69, 9.17) is 15.9 Å². The molecule has 0 fully saturated rings. The Balaban J connectivity index is 2.31. The van der Waals surface area contributed by atoms with Gasteiger partial charge in [-0.25, -0.2) is 4.98 Å². The van der Waals surface area contributed by atoms with Crippen molar-refractivity contribution in [3.63, 3.8) is 0 Å². The van der Waals surface area contributed by atoms with Crippen LogP contribution in [0.5, 0.6) is 11.6 Å². The molecule has 0 saturated carbocycles. The molecule has 5 heteroatoms. The van der Waals surface area contributed by atoms with Gasteiger partial charge in [-0.05, 0) is 43.2 Å². The highest BCUT2D eigenvalue weighted by Gasteiger charge is 2.06. The lowest BCUT2D eigenvalue weighted by Gasteiger charge is -2.09. The Labute approximate surface area is 120 Å². The van der Waals surface area contributed by atoms with Gasteiger partial charge in [0.2, 0.25) is 5.88 Å². The molecule has 0 saturated heterocycles. The first-order valence-electron chi connectivity index (χ1n) is 5.73. The second kappa shape index (κ2) is 5.40. The minimum absolute atomic E-state index is 0.0754. The van der Waals surface area contributed by atoms with Gasteiger partial charge in [0.05, 0.1) is 0 Å². The lowest BCUT2D eigenvalue weighted by molar-refractivity contribution is 0.461. The van der Waals surface area contributed by atoms with Gasteiger partial charge in [-0.2, -0.15) is 0 Å². The fourth-order valence-electron chi connectivity index (χ4n) is 1.71. The monoisotopic (exact) mass is 319 g/mol. The topological polar surface area (TPSA) is 72.0 Å². The number of aryl methyl sites for hydroxylation is 2. The van der Waals surface area contributed by atoms with Crippen molar-refractivity contribution in [1.82, 2.24) is 4.98 Å². The van der Waals surface area contributed by atoms with E-state index in [0.717, 1.165) is 15.6 Å². The molecule has 2 rings (SSSR count). The maximum atomic E-state index is 7.36. The van der Waals surface area contributed by atoms with Gasteiger partial charge in [0, 0.05) is 10.5 Å². The van der Waals surface area contributed by atoms with Gasteiger partial charge >= 0.3 is 0 Å². The highest BCUT2D eigenvalue weighted by molar-refractivity contribution is 9.10. The Kier molecular flexibility index (Phi) is 3.85. The van der Waals surface area contributed by atoms with Crippen LogP contribution in [0.15, 0.2) is 34.8 Å². The van der Waals surface area contributed by atoms with Crippen LogP contribution < -0.4 is 10.5 Å². The molecule has 0 aliphatic heterocycles. The number of amidine groups is 1. The average Bonchev–Trinajstić information content (AvgIpc) is 2.36. The van der Waals surface area contributed by atoms with Crippen LogP contribution in [0.2, 0.25) is 0 Å². The van der Waals surface area contributed by atoms with Crippen molar-refractivity contribution >= 4 is 21.8 Å². The number of hydrogen-bond donors (Lipinski definition) is 2. The van der Waals surface area contributed by atoms with Gasteiger partial charge in [-0.3, -0.25) is 5.41 Å². The molecule has 0 radical (unpaired) electrons. The van der Waals surface area contributed by atoms with Crippen LogP contribution in [0.4, 0.5) is 0 Å². The molecule has 1 heterocycles. The molecule has 1 aromatic heterocycles. The first kappa shape index (κ1) is 13.5. The van der Waals surface area contributed by atoms with E-state index >= 15 is 0 Å². The predicted octanol–water partition coefficient (Wildman–Crippen LogP) is 3.54. The Morgan fingerprint density at radius 1 is 1.26 bits per heavy atom. The normalized spacial score (nSPS) is 10.3. The van der Waals surface area contributed by atoms with E-state index in [0.29, 0.717) is 17.3 Å². The zero-order chi connectivity index (χ0) is 14.0. The molecule has 1 aromatic carbocycles. The molecule has 3 N–H and O–H groups in total. The summed E-state index contributed by atoms with van der Waals surface area (Å²) >= 11 is 3.51. The van der Waals surface area contributed by atoms with Crippen LogP contribution in [-0.2, 0) is 0 Å². The Morgan fingerprint density at radius 2 is 1.89 bits per heavy atom. The maximum absolute atomic E-state index is 7.36. The molecule has 0 unspecified atom stereocenters. The van der Waals surface area contributed by atoms with E-state index in [1.54, 1.807) is 18.2 Å². The fourth-order valence-corrected chi connectivity index (χ4v) is 1.94. The highest BCUT2D eigenvalue weighted by Crippen LogP contribution is 2.28. The summed E-state index contributed by atoms with van der Waals surface area (Å²) in [6.45, 7) is 4.01. The molecule has 0 atom stereocenters. The molecule has 4 nitrogen and oxygen atoms in total. The molecule has 0 aliphatic rings. The van der Waals surface area contributed by atoms with Gasteiger partial charge in [0.25, 0.3) is 0 Å². The first-order valence-corrected chi connectivity index (χ1v) is 6.52. The summed E-state index contributed by atoms with van der Waals surface area (Å²) in [5.41, 5.74) is 8.00. The molecular formula is C14H14BrN3O. The van der Waals surface area contributed by atoms with E-state index in [-0.39, 0.29) is 5.84 Å². The second-order valence-corrected chi connectivity index (χ2v) is 5.04. The number of hydrogen-bond acceptors (Lipinski definition) is 3. The SMILES string of the molecule is Cc1cc(Oc2cccc(C(=N)N)n2)cc(C)c1Br. The Morgan fingerprint density at radius 3 is 2.47 bits per heavy atom. The molecule has 0 amide bonds. The number of nitrogen functional groups attached to an aromatic ring is 1. The molecule has 0 aliphatic carbocycles. The van der Waals surface area contributed by atoms with Gasteiger partial charge < -0.3 is 10.5 Å². The van der Waals surface area contributed by atoms with E-state index in [2.05, 4.69) is 20.9 Å². The zero-order valence-electron chi connectivity index (χ0n) is 10.7. The van der Waals surface area contributed by atoms with Crippen LogP contribution in [0.25, 0.3) is 0 Å². The molecule has 0 bridgehead atoms. The minimum Gasteiger partial charge on any atom is -0.439 e. The number of nitrogens with one attached hydrogen (secondary N) is 1. The molecular weight excluding hydrogens is 306 g/mol. The molecule has 0 spiro atoms. The van der Waals surface area contributed by atoms with Crippen molar-refractivity contribution in [3.05, 3.63) is 51.6 Å². The molecule has 98 valence electrons. The van der Waals surface area contributed by atoms with Crippen LogP contribution in [0.3, 0.4) is 0 Å². The standard InChI is InChI=1S/C14H14BrN3O/c1-8-6-10(7-9(2)13(8)15)19-12-5-3-4-11(18-12)14(16)17/h3-7H,1-2H3,(H3,16,17). The zero-order valence-corrected chi connectivity index (χ0v) is 12.3. The number of ether oxygens (including phenoxy) is 1. The largest absolute Gasteiger partial charge is 0.439 e. The van der Waals surface area contributed by atoms with E-state index in [1.807, 2.05) is 26.0 Å². The van der Waals surface area contributed by atoms with Crippen molar-refractivity contribution in [2.24, 2.45) is 5.73 Å². The Hall–Kier alpha value is -1.88. The summed E-state index contributed by atoms with van der Waals surface area (Å²) in [6, 6.07) is 9.03. The molecule has 19 heavy (non-hydrogen) atoms. The molecule has 2 aromatic rings. The number of nitrogens with two attached hydrogens (primary N) is 1. The second-order valence-electron chi connectivity index (χ2n) is 4.25. The smallest absolute Gasteiger partial charge is 0.219 e. The average molecular weight is 320 g/mol. The van der Waals surface area contributed by atoms with Gasteiger partial charge in [0.1, 0.15) is 17.3 Å². The Bertz CT molecular complexity index is 617. The van der Waals surface area contributed by atoms with Gasteiger partial charge in [-0.15, -0.1) is 0 Å². The summed E-state index contributed by atoms with van der Waals surface area (Å²) in [6.07, 6.45) is 0. The minimum atomic E-state index is -0.0754. The summed E-state index contributed by atoms with van der Waals surface area (Å²) in [4.78, 5) is 4.17. The number of aromatic nitrogens is 1. The number of benzene rings is 1. The van der Waals surface area contributed by atoms with E-state index < -0.39 is 0 Å². The summed E-state index contributed by atoms with van der Waals surface area (Å²) in [5, 5.41) is 7.36. The number of halogens is 1. The van der Waals surface area contributed by atoms with Gasteiger partial charge in [0.15, 0.2) is 0 Å². The van der Waals surface area contributed by atoms with Crippen molar-refractivity contribution in [1.29, 1.82) is 5.41 Å². The third kappa shape index (κ3) is 3.12. The van der Waals surface area contributed by atoms with E-state index in [1.165, 1.54) is 0 Å². The summed E-state index contributed by atoms with van der Waals surface area (Å²) in [5.74, 6) is 1.06. The maximum Gasteiger partial charge on any atom is 0.219 e. The summed E-state index contributed by atoms with van der Waals surface area (Å²) in [7, 11) is 0. The predicted molar refractivity (Wildman–Crippen MR) is 78.9 cm³/mol. The number of pyridine rings is 1. The van der Waals surface area contributed by atoms with Crippen molar-refractivity contribution < 1.29 is 4.74 Å². The van der Waals surface area contributed by atoms with E-state index in [9.17, 15) is 0 Å². The van der Waals surface area contributed by atoms with Crippen LogP contribution >= 0.6 is 15.9 Å².